The van der Waals surface area contributed by atoms with Crippen molar-refractivity contribution in [3.63, 3.8) is 0 Å². The number of halogens is 2. The van der Waals surface area contributed by atoms with Gasteiger partial charge >= 0.3 is 0 Å². The normalized spacial score (nSPS) is 9.56. The second-order valence-electron chi connectivity index (χ2n) is 1.52. The fourth-order valence-corrected chi connectivity index (χ4v) is 0.578. The minimum absolute atomic E-state index is 0.148. The number of anilines is 1. The molecule has 0 radical (unpaired) electrons. The summed E-state index contributed by atoms with van der Waals surface area (Å²) in [6.07, 6.45) is 1.02. The van der Waals surface area contributed by atoms with Gasteiger partial charge in [0.1, 0.15) is 11.6 Å². The van der Waals surface area contributed by atoms with Crippen molar-refractivity contribution < 1.29 is 4.39 Å². The average molecular weight is 147 g/mol. The monoisotopic (exact) mass is 146 g/mol. The molecule has 0 aliphatic heterocycles. The molecular formula is C5H4ClFN2. The fraction of sp³-hybridized carbons (Fsp3) is 0. The van der Waals surface area contributed by atoms with E-state index in [4.69, 9.17) is 17.3 Å². The molecule has 0 unspecified atom stereocenters. The van der Waals surface area contributed by atoms with Crippen molar-refractivity contribution in [1.82, 2.24) is 4.98 Å². The highest BCUT2D eigenvalue weighted by Crippen LogP contribution is 2.14. The number of hydrogen-bond donors (Lipinski definition) is 1. The van der Waals surface area contributed by atoms with Gasteiger partial charge in [0.2, 0.25) is 0 Å². The predicted molar refractivity (Wildman–Crippen MR) is 33.6 cm³/mol. The molecule has 0 spiro atoms. The molecule has 1 rings (SSSR count). The van der Waals surface area contributed by atoms with Crippen LogP contribution in [0.5, 0.6) is 0 Å². The van der Waals surface area contributed by atoms with E-state index < -0.39 is 5.82 Å². The average Bonchev–Trinajstić information content (AvgIpc) is 1.80. The first-order valence-corrected chi connectivity index (χ1v) is 2.64. The van der Waals surface area contributed by atoms with E-state index in [1.54, 1.807) is 0 Å². The molecule has 4 heteroatoms. The minimum atomic E-state index is -0.478. The molecule has 0 aliphatic carbocycles. The largest absolute Gasteiger partial charge is 0.382 e. The summed E-state index contributed by atoms with van der Waals surface area (Å²) in [6, 6.07) is 1.11. The van der Waals surface area contributed by atoms with E-state index in [0.29, 0.717) is 0 Å². The first-order valence-electron chi connectivity index (χ1n) is 2.26. The highest BCUT2D eigenvalue weighted by atomic mass is 35.5. The van der Waals surface area contributed by atoms with Crippen LogP contribution in [0.2, 0.25) is 5.02 Å². The molecule has 0 saturated carbocycles. The fourth-order valence-electron chi connectivity index (χ4n) is 0.425. The van der Waals surface area contributed by atoms with Crippen LogP contribution in [0.3, 0.4) is 0 Å². The predicted octanol–water partition coefficient (Wildman–Crippen LogP) is 1.46. The zero-order valence-corrected chi connectivity index (χ0v) is 5.19. The Morgan fingerprint density at radius 2 is 2.33 bits per heavy atom. The molecule has 2 nitrogen and oxygen atoms in total. The van der Waals surface area contributed by atoms with Gasteiger partial charge in [-0.05, 0) is 6.07 Å². The number of rotatable bonds is 0. The number of aromatic nitrogens is 1. The molecule has 0 saturated heterocycles. The first-order chi connectivity index (χ1) is 4.20. The Kier molecular flexibility index (Phi) is 1.53. The van der Waals surface area contributed by atoms with Gasteiger partial charge in [-0.15, -0.1) is 0 Å². The van der Waals surface area contributed by atoms with Gasteiger partial charge in [0.25, 0.3) is 0 Å². The summed E-state index contributed by atoms with van der Waals surface area (Å²) in [5, 5.41) is 0.148. The second-order valence-corrected chi connectivity index (χ2v) is 1.93. The van der Waals surface area contributed by atoms with Crippen LogP contribution in [0, 0.1) is 5.82 Å². The van der Waals surface area contributed by atoms with Crippen molar-refractivity contribution in [1.29, 1.82) is 0 Å². The van der Waals surface area contributed by atoms with Crippen molar-refractivity contribution >= 4 is 17.4 Å². The second kappa shape index (κ2) is 2.19. The Hall–Kier alpha value is -0.830. The molecular weight excluding hydrogens is 143 g/mol. The smallest absolute Gasteiger partial charge is 0.143 e. The summed E-state index contributed by atoms with van der Waals surface area (Å²) in [7, 11) is 0. The third-order valence-electron chi connectivity index (χ3n) is 0.836. The van der Waals surface area contributed by atoms with Crippen molar-refractivity contribution in [3.8, 4) is 0 Å². The molecule has 1 heterocycles. The number of nitrogen functional groups attached to an aromatic ring is 1. The van der Waals surface area contributed by atoms with E-state index in [1.165, 1.54) is 0 Å². The summed E-state index contributed by atoms with van der Waals surface area (Å²) < 4.78 is 12.1. The van der Waals surface area contributed by atoms with Crippen molar-refractivity contribution in [3.05, 3.63) is 23.1 Å². The molecule has 0 aromatic carbocycles. The van der Waals surface area contributed by atoms with E-state index in [-0.39, 0.29) is 10.8 Å². The molecule has 0 atom stereocenters. The zero-order chi connectivity index (χ0) is 6.85. The summed E-state index contributed by atoms with van der Waals surface area (Å²) in [6.45, 7) is 0. The van der Waals surface area contributed by atoms with Gasteiger partial charge in [0.15, 0.2) is 0 Å². The Morgan fingerprint density at radius 1 is 1.67 bits per heavy atom. The van der Waals surface area contributed by atoms with Crippen LogP contribution in [0.4, 0.5) is 10.2 Å². The number of nitrogens with zero attached hydrogens (tertiary/aromatic N) is 1. The van der Waals surface area contributed by atoms with E-state index in [2.05, 4.69) is 4.98 Å². The van der Waals surface area contributed by atoms with Crippen molar-refractivity contribution in [2.24, 2.45) is 0 Å². The van der Waals surface area contributed by atoms with E-state index in [0.717, 1.165) is 12.3 Å². The molecule has 0 aliphatic rings. The quantitative estimate of drug-likeness (QED) is 0.602. The van der Waals surface area contributed by atoms with Crippen molar-refractivity contribution in [2.45, 2.75) is 0 Å². The Bertz CT molecular complexity index is 226. The van der Waals surface area contributed by atoms with Gasteiger partial charge in [-0.1, -0.05) is 11.6 Å². The Morgan fingerprint density at radius 3 is 2.78 bits per heavy atom. The van der Waals surface area contributed by atoms with Crippen LogP contribution in [0.1, 0.15) is 0 Å². The molecule has 1 aromatic rings. The molecule has 0 bridgehead atoms. The summed E-state index contributed by atoms with van der Waals surface area (Å²) in [5.74, 6) is -0.327. The van der Waals surface area contributed by atoms with Crippen LogP contribution in [0.15, 0.2) is 12.3 Å². The lowest BCUT2D eigenvalue weighted by Gasteiger charge is -1.92. The Balaban J connectivity index is 3.17. The van der Waals surface area contributed by atoms with E-state index >= 15 is 0 Å². The highest BCUT2D eigenvalue weighted by molar-refractivity contribution is 6.32. The van der Waals surface area contributed by atoms with Crippen LogP contribution >= 0.6 is 11.6 Å². The maximum absolute atomic E-state index is 12.1. The van der Waals surface area contributed by atoms with Crippen LogP contribution in [-0.2, 0) is 0 Å². The summed E-state index contributed by atoms with van der Waals surface area (Å²) >= 11 is 5.39. The van der Waals surface area contributed by atoms with Crippen molar-refractivity contribution in [2.75, 3.05) is 5.73 Å². The van der Waals surface area contributed by atoms with Gasteiger partial charge in [0, 0.05) is 0 Å². The van der Waals surface area contributed by atoms with Gasteiger partial charge < -0.3 is 5.73 Å². The van der Waals surface area contributed by atoms with Gasteiger partial charge in [0.05, 0.1) is 11.2 Å². The zero-order valence-electron chi connectivity index (χ0n) is 4.44. The number of nitrogens with two attached hydrogens (primary N) is 1. The number of hydrogen-bond acceptors (Lipinski definition) is 2. The lowest BCUT2D eigenvalue weighted by Crippen LogP contribution is -1.90. The topological polar surface area (TPSA) is 38.9 Å². The molecule has 1 aromatic heterocycles. The van der Waals surface area contributed by atoms with Crippen LogP contribution in [0.25, 0.3) is 0 Å². The summed E-state index contributed by atoms with van der Waals surface area (Å²) in [5.41, 5.74) is 5.18. The Labute approximate surface area is 56.5 Å². The van der Waals surface area contributed by atoms with Gasteiger partial charge in [-0.25, -0.2) is 9.37 Å². The molecule has 9 heavy (non-hydrogen) atoms. The number of pyridine rings is 1. The van der Waals surface area contributed by atoms with E-state index in [1.807, 2.05) is 0 Å². The minimum Gasteiger partial charge on any atom is -0.382 e. The maximum Gasteiger partial charge on any atom is 0.143 e. The SMILES string of the molecule is Nc1ncc(F)cc1Cl. The first kappa shape index (κ1) is 6.29. The lowest BCUT2D eigenvalue weighted by molar-refractivity contribution is 0.622. The van der Waals surface area contributed by atoms with Crippen LogP contribution in [-0.4, -0.2) is 4.98 Å². The molecule has 0 fully saturated rings. The molecule has 0 amide bonds. The highest BCUT2D eigenvalue weighted by Gasteiger charge is 1.96. The standard InChI is InChI=1S/C5H4ClFN2/c6-4-1-3(7)2-9-5(4)8/h1-2H,(H2,8,9). The molecule has 2 N–H and O–H groups in total. The van der Waals surface area contributed by atoms with Crippen LogP contribution < -0.4 is 5.73 Å². The third kappa shape index (κ3) is 1.29. The van der Waals surface area contributed by atoms with Gasteiger partial charge in [-0.2, -0.15) is 0 Å². The summed E-state index contributed by atoms with van der Waals surface area (Å²) in [4.78, 5) is 3.45. The van der Waals surface area contributed by atoms with Gasteiger partial charge in [-0.3, -0.25) is 0 Å². The third-order valence-corrected chi connectivity index (χ3v) is 1.14. The van der Waals surface area contributed by atoms with E-state index in [9.17, 15) is 4.39 Å². The maximum atomic E-state index is 12.1. The molecule has 48 valence electrons. The lowest BCUT2D eigenvalue weighted by atomic mass is 10.4.